The minimum Gasteiger partial charge on any atom is -0.368 e. The fraction of sp³-hybridized carbons (Fsp3) is 0.769. The maximum absolute atomic E-state index is 4.46. The first-order chi connectivity index (χ1) is 7.69. The molecule has 0 atom stereocenters. The van der Waals surface area contributed by atoms with E-state index in [-0.39, 0.29) is 0 Å². The van der Waals surface area contributed by atoms with Gasteiger partial charge in [0.1, 0.15) is 5.82 Å². The Bertz CT molecular complexity index is 335. The lowest BCUT2D eigenvalue weighted by molar-refractivity contribution is 0.360. The van der Waals surface area contributed by atoms with Crippen LogP contribution in [0.2, 0.25) is 0 Å². The molecule has 0 aromatic carbocycles. The highest BCUT2D eigenvalue weighted by Gasteiger charge is 2.18. The van der Waals surface area contributed by atoms with Crippen LogP contribution in [0.5, 0.6) is 0 Å². The first-order valence-electron chi connectivity index (χ1n) is 6.48. The van der Waals surface area contributed by atoms with Crippen LogP contribution >= 0.6 is 0 Å². The second kappa shape index (κ2) is 4.89. The molecular weight excluding hydrogens is 198 g/mol. The van der Waals surface area contributed by atoms with Gasteiger partial charge in [0.2, 0.25) is 0 Å². The maximum atomic E-state index is 4.46. The Morgan fingerprint density at radius 2 is 2.06 bits per heavy atom. The molecule has 1 aliphatic carbocycles. The number of hydrogen-bond acceptors (Lipinski definition) is 2. The first kappa shape index (κ1) is 11.5. The number of aryl methyl sites for hydroxylation is 2. The molecule has 16 heavy (non-hydrogen) atoms. The van der Waals surface area contributed by atoms with Crippen molar-refractivity contribution in [1.29, 1.82) is 0 Å². The van der Waals surface area contributed by atoms with Crippen LogP contribution in [0.1, 0.15) is 45.2 Å². The third kappa shape index (κ3) is 2.57. The van der Waals surface area contributed by atoms with Gasteiger partial charge in [-0.15, -0.1) is 0 Å². The molecule has 1 aliphatic rings. The van der Waals surface area contributed by atoms with E-state index in [0.717, 1.165) is 12.3 Å². The smallest absolute Gasteiger partial charge is 0.124 e. The van der Waals surface area contributed by atoms with Gasteiger partial charge in [-0.25, -0.2) is 0 Å². The quantitative estimate of drug-likeness (QED) is 0.850. The highest BCUT2D eigenvalue weighted by Crippen LogP contribution is 2.26. The van der Waals surface area contributed by atoms with Crippen molar-refractivity contribution in [1.82, 2.24) is 9.78 Å². The fourth-order valence-corrected chi connectivity index (χ4v) is 2.45. The van der Waals surface area contributed by atoms with Gasteiger partial charge in [0.15, 0.2) is 0 Å². The highest BCUT2D eigenvalue weighted by molar-refractivity contribution is 5.38. The Hall–Kier alpha value is -0.990. The number of rotatable bonds is 3. The van der Waals surface area contributed by atoms with E-state index in [1.54, 1.807) is 0 Å². The number of nitrogens with zero attached hydrogens (tertiary/aromatic N) is 2. The van der Waals surface area contributed by atoms with E-state index in [0.29, 0.717) is 6.04 Å². The van der Waals surface area contributed by atoms with Crippen LogP contribution < -0.4 is 5.32 Å². The van der Waals surface area contributed by atoms with Gasteiger partial charge in [-0.2, -0.15) is 5.10 Å². The zero-order valence-electron chi connectivity index (χ0n) is 10.7. The van der Waals surface area contributed by atoms with Crippen molar-refractivity contribution < 1.29 is 0 Å². The summed E-state index contributed by atoms with van der Waals surface area (Å²) in [5, 5.41) is 8.09. The molecular formula is C13H23N3. The van der Waals surface area contributed by atoms with Crippen molar-refractivity contribution in [3.8, 4) is 0 Å². The molecule has 90 valence electrons. The molecule has 3 nitrogen and oxygen atoms in total. The van der Waals surface area contributed by atoms with Gasteiger partial charge >= 0.3 is 0 Å². The van der Waals surface area contributed by atoms with E-state index in [1.165, 1.54) is 37.2 Å². The molecule has 0 unspecified atom stereocenters. The van der Waals surface area contributed by atoms with Crippen LogP contribution in [-0.4, -0.2) is 15.8 Å². The predicted octanol–water partition coefficient (Wildman–Crippen LogP) is 2.97. The second-order valence-corrected chi connectivity index (χ2v) is 5.10. The van der Waals surface area contributed by atoms with Crippen LogP contribution in [0, 0.1) is 5.92 Å². The minimum atomic E-state index is 0.649. The van der Waals surface area contributed by atoms with Crippen molar-refractivity contribution in [2.45, 2.75) is 52.0 Å². The van der Waals surface area contributed by atoms with E-state index in [4.69, 9.17) is 0 Å². The van der Waals surface area contributed by atoms with Crippen LogP contribution in [-0.2, 0) is 13.5 Å². The average Bonchev–Trinajstić information content (AvgIpc) is 2.63. The molecule has 0 amide bonds. The summed E-state index contributed by atoms with van der Waals surface area (Å²) in [6, 6.07) is 2.83. The molecule has 1 aromatic heterocycles. The molecule has 0 spiro atoms. The van der Waals surface area contributed by atoms with Crippen molar-refractivity contribution >= 4 is 5.82 Å². The molecule has 1 N–H and O–H groups in total. The summed E-state index contributed by atoms with van der Waals surface area (Å²) in [7, 11) is 2.02. The van der Waals surface area contributed by atoms with Gasteiger partial charge in [0.05, 0.1) is 5.69 Å². The van der Waals surface area contributed by atoms with E-state index in [9.17, 15) is 0 Å². The predicted molar refractivity (Wildman–Crippen MR) is 67.6 cm³/mol. The van der Waals surface area contributed by atoms with E-state index in [1.807, 2.05) is 11.7 Å². The van der Waals surface area contributed by atoms with Crippen LogP contribution in [0.25, 0.3) is 0 Å². The van der Waals surface area contributed by atoms with Crippen LogP contribution in [0.3, 0.4) is 0 Å². The standard InChI is InChI=1S/C13H23N3/c1-4-11-9-13(16(3)15-11)14-12-7-5-10(2)6-8-12/h9-10,12,14H,4-8H2,1-3H3. The lowest BCUT2D eigenvalue weighted by atomic mass is 9.87. The van der Waals surface area contributed by atoms with Gasteiger partial charge < -0.3 is 5.32 Å². The Balaban J connectivity index is 1.95. The summed E-state index contributed by atoms with van der Waals surface area (Å²) >= 11 is 0. The monoisotopic (exact) mass is 221 g/mol. The number of hydrogen-bond donors (Lipinski definition) is 1. The van der Waals surface area contributed by atoms with Crippen LogP contribution in [0.4, 0.5) is 5.82 Å². The largest absolute Gasteiger partial charge is 0.368 e. The lowest BCUT2D eigenvalue weighted by Crippen LogP contribution is -2.26. The first-order valence-corrected chi connectivity index (χ1v) is 6.48. The number of nitrogens with one attached hydrogen (secondary N) is 1. The summed E-state index contributed by atoms with van der Waals surface area (Å²) in [4.78, 5) is 0. The molecule has 1 heterocycles. The summed E-state index contributed by atoms with van der Waals surface area (Å²) in [5.74, 6) is 2.09. The third-order valence-electron chi connectivity index (χ3n) is 3.66. The third-order valence-corrected chi connectivity index (χ3v) is 3.66. The van der Waals surface area contributed by atoms with Gasteiger partial charge in [0, 0.05) is 19.2 Å². The molecule has 1 saturated carbocycles. The summed E-state index contributed by atoms with van der Waals surface area (Å²) in [5.41, 5.74) is 1.18. The Labute approximate surface area is 98.2 Å². The topological polar surface area (TPSA) is 29.9 Å². The fourth-order valence-electron chi connectivity index (χ4n) is 2.45. The number of anilines is 1. The molecule has 0 aliphatic heterocycles. The summed E-state index contributed by atoms with van der Waals surface area (Å²) in [6.07, 6.45) is 6.32. The SMILES string of the molecule is CCc1cc(NC2CCC(C)CC2)n(C)n1. The Kier molecular flexibility index (Phi) is 3.52. The zero-order valence-corrected chi connectivity index (χ0v) is 10.7. The van der Waals surface area contributed by atoms with Gasteiger partial charge in [-0.3, -0.25) is 4.68 Å². The maximum Gasteiger partial charge on any atom is 0.124 e. The average molecular weight is 221 g/mol. The van der Waals surface area contributed by atoms with Crippen molar-refractivity contribution in [3.63, 3.8) is 0 Å². The number of aromatic nitrogens is 2. The Morgan fingerprint density at radius 1 is 1.38 bits per heavy atom. The zero-order chi connectivity index (χ0) is 11.5. The summed E-state index contributed by atoms with van der Waals surface area (Å²) in [6.45, 7) is 4.50. The van der Waals surface area contributed by atoms with Crippen molar-refractivity contribution in [2.24, 2.45) is 13.0 Å². The molecule has 1 aromatic rings. The second-order valence-electron chi connectivity index (χ2n) is 5.10. The van der Waals surface area contributed by atoms with Crippen molar-refractivity contribution in [3.05, 3.63) is 11.8 Å². The van der Waals surface area contributed by atoms with E-state index in [2.05, 4.69) is 30.3 Å². The molecule has 2 rings (SSSR count). The van der Waals surface area contributed by atoms with E-state index < -0.39 is 0 Å². The minimum absolute atomic E-state index is 0.649. The van der Waals surface area contributed by atoms with Crippen molar-refractivity contribution in [2.75, 3.05) is 5.32 Å². The van der Waals surface area contributed by atoms with E-state index >= 15 is 0 Å². The van der Waals surface area contributed by atoms with Crippen LogP contribution in [0.15, 0.2) is 6.07 Å². The Morgan fingerprint density at radius 3 is 2.62 bits per heavy atom. The molecule has 0 radical (unpaired) electrons. The normalized spacial score (nSPS) is 25.7. The van der Waals surface area contributed by atoms with Gasteiger partial charge in [-0.05, 0) is 38.0 Å². The van der Waals surface area contributed by atoms with Gasteiger partial charge in [-0.1, -0.05) is 13.8 Å². The summed E-state index contributed by atoms with van der Waals surface area (Å²) < 4.78 is 1.97. The molecule has 1 fully saturated rings. The lowest BCUT2D eigenvalue weighted by Gasteiger charge is -2.27. The highest BCUT2D eigenvalue weighted by atomic mass is 15.3. The molecule has 0 saturated heterocycles. The van der Waals surface area contributed by atoms with Gasteiger partial charge in [0.25, 0.3) is 0 Å². The molecule has 3 heteroatoms. The molecule has 0 bridgehead atoms.